The fourth-order valence-electron chi connectivity index (χ4n) is 4.47. The molecule has 2 amide bonds. The molecule has 2 fully saturated rings. The van der Waals surface area contributed by atoms with Crippen LogP contribution in [0.4, 0.5) is 0 Å². The first kappa shape index (κ1) is 21.1. The number of nitrogens with one attached hydrogen (secondary N) is 1. The molecule has 162 valence electrons. The molecule has 2 aliphatic heterocycles. The Bertz CT molecular complexity index is 994. The van der Waals surface area contributed by atoms with Crippen LogP contribution in [0.1, 0.15) is 43.7 Å². The van der Waals surface area contributed by atoms with Crippen LogP contribution in [0.5, 0.6) is 0 Å². The standard InChI is InChI=1S/C21H27ClN4O4/c1-13(27)23-17-11-21(30-12-20(17,2)29)6-8-26(9-7-21)19(28)18-24-15-10-14(22)4-5-16(15)25(18)3/h4-5,10,17,29H,6-9,11-12H2,1-3H3,(H,23,27)/t17-,20-/m0/s1. The molecular formula is C21H27ClN4O4. The first-order valence-electron chi connectivity index (χ1n) is 10.1. The third-order valence-electron chi connectivity index (χ3n) is 6.37. The topological polar surface area (TPSA) is 96.7 Å². The van der Waals surface area contributed by atoms with E-state index in [1.54, 1.807) is 28.5 Å². The Balaban J connectivity index is 1.47. The van der Waals surface area contributed by atoms with E-state index >= 15 is 0 Å². The number of fused-ring (bicyclic) bond motifs is 1. The third-order valence-corrected chi connectivity index (χ3v) is 6.61. The van der Waals surface area contributed by atoms with Crippen LogP contribution in [0.2, 0.25) is 5.02 Å². The van der Waals surface area contributed by atoms with Crippen LogP contribution in [-0.2, 0) is 16.6 Å². The number of hydrogen-bond donors (Lipinski definition) is 2. The van der Waals surface area contributed by atoms with E-state index in [1.165, 1.54) is 6.92 Å². The second kappa shape index (κ2) is 7.51. The number of aliphatic hydroxyl groups is 1. The number of hydrogen-bond acceptors (Lipinski definition) is 5. The van der Waals surface area contributed by atoms with Gasteiger partial charge in [-0.2, -0.15) is 0 Å². The molecule has 2 atom stereocenters. The molecular weight excluding hydrogens is 408 g/mol. The van der Waals surface area contributed by atoms with Gasteiger partial charge in [0.15, 0.2) is 5.82 Å². The molecule has 0 radical (unpaired) electrons. The summed E-state index contributed by atoms with van der Waals surface area (Å²) in [6.45, 7) is 4.33. The van der Waals surface area contributed by atoms with E-state index < -0.39 is 11.2 Å². The second-order valence-electron chi connectivity index (χ2n) is 8.71. The Morgan fingerprint density at radius 3 is 2.70 bits per heavy atom. The maximum atomic E-state index is 13.1. The maximum absolute atomic E-state index is 13.1. The van der Waals surface area contributed by atoms with Crippen LogP contribution in [-0.4, -0.2) is 68.3 Å². The van der Waals surface area contributed by atoms with Crippen molar-refractivity contribution in [2.75, 3.05) is 19.7 Å². The zero-order chi connectivity index (χ0) is 21.7. The molecule has 0 saturated carbocycles. The molecule has 2 N–H and O–H groups in total. The van der Waals surface area contributed by atoms with Crippen molar-refractivity contribution in [1.29, 1.82) is 0 Å². The number of rotatable bonds is 2. The molecule has 1 aromatic carbocycles. The predicted octanol–water partition coefficient (Wildman–Crippen LogP) is 1.88. The minimum absolute atomic E-state index is 0.124. The van der Waals surface area contributed by atoms with E-state index in [0.717, 1.165) is 5.52 Å². The smallest absolute Gasteiger partial charge is 0.289 e. The number of imidazole rings is 1. The number of amides is 2. The van der Waals surface area contributed by atoms with E-state index in [4.69, 9.17) is 16.3 Å². The van der Waals surface area contributed by atoms with E-state index in [9.17, 15) is 14.7 Å². The number of carbonyl (C=O) groups is 2. The lowest BCUT2D eigenvalue weighted by molar-refractivity contribution is -0.191. The molecule has 9 heteroatoms. The van der Waals surface area contributed by atoms with Crippen molar-refractivity contribution in [3.8, 4) is 0 Å². The number of piperidine rings is 1. The van der Waals surface area contributed by atoms with Gasteiger partial charge in [0.05, 0.1) is 29.3 Å². The lowest BCUT2D eigenvalue weighted by atomic mass is 9.77. The summed E-state index contributed by atoms with van der Waals surface area (Å²) < 4.78 is 7.87. The highest BCUT2D eigenvalue weighted by molar-refractivity contribution is 6.31. The van der Waals surface area contributed by atoms with Crippen molar-refractivity contribution in [2.24, 2.45) is 7.05 Å². The number of aromatic nitrogens is 2. The number of ether oxygens (including phenoxy) is 1. The number of likely N-dealkylation sites (tertiary alicyclic amines) is 1. The van der Waals surface area contributed by atoms with Crippen LogP contribution in [0.25, 0.3) is 11.0 Å². The van der Waals surface area contributed by atoms with Crippen molar-refractivity contribution in [3.63, 3.8) is 0 Å². The van der Waals surface area contributed by atoms with Crippen molar-refractivity contribution < 1.29 is 19.4 Å². The van der Waals surface area contributed by atoms with Crippen molar-refractivity contribution >= 4 is 34.4 Å². The zero-order valence-electron chi connectivity index (χ0n) is 17.4. The summed E-state index contributed by atoms with van der Waals surface area (Å²) in [6.07, 6.45) is 1.80. The van der Waals surface area contributed by atoms with Crippen molar-refractivity contribution in [2.45, 2.75) is 50.4 Å². The summed E-state index contributed by atoms with van der Waals surface area (Å²) in [5.41, 5.74) is -0.0189. The molecule has 30 heavy (non-hydrogen) atoms. The fourth-order valence-corrected chi connectivity index (χ4v) is 4.64. The van der Waals surface area contributed by atoms with Crippen LogP contribution in [0.15, 0.2) is 18.2 Å². The summed E-state index contributed by atoms with van der Waals surface area (Å²) in [5.74, 6) is 0.0830. The Kier molecular flexibility index (Phi) is 5.28. The van der Waals surface area contributed by atoms with E-state index in [-0.39, 0.29) is 24.5 Å². The highest BCUT2D eigenvalue weighted by Crippen LogP contribution is 2.38. The van der Waals surface area contributed by atoms with Crippen LogP contribution in [0.3, 0.4) is 0 Å². The van der Waals surface area contributed by atoms with Gasteiger partial charge in [0, 0.05) is 32.1 Å². The number of aryl methyl sites for hydroxylation is 1. The van der Waals surface area contributed by atoms with E-state index in [1.807, 2.05) is 13.1 Å². The molecule has 0 aliphatic carbocycles. The van der Waals surface area contributed by atoms with Gasteiger partial charge in [0.25, 0.3) is 5.91 Å². The highest BCUT2D eigenvalue weighted by atomic mass is 35.5. The summed E-state index contributed by atoms with van der Waals surface area (Å²) in [5, 5.41) is 14.0. The Hall–Kier alpha value is -2.16. The molecule has 8 nitrogen and oxygen atoms in total. The summed E-state index contributed by atoms with van der Waals surface area (Å²) in [4.78, 5) is 31.0. The van der Waals surface area contributed by atoms with Gasteiger partial charge in [0.2, 0.25) is 5.91 Å². The molecule has 0 bridgehead atoms. The zero-order valence-corrected chi connectivity index (χ0v) is 18.2. The Labute approximate surface area is 180 Å². The highest BCUT2D eigenvalue weighted by Gasteiger charge is 2.49. The van der Waals surface area contributed by atoms with Gasteiger partial charge in [0.1, 0.15) is 5.60 Å². The lowest BCUT2D eigenvalue weighted by Gasteiger charge is -2.50. The largest absolute Gasteiger partial charge is 0.386 e. The molecule has 2 aromatic rings. The number of halogens is 1. The lowest BCUT2D eigenvalue weighted by Crippen LogP contribution is -2.64. The quantitative estimate of drug-likeness (QED) is 0.752. The molecule has 3 heterocycles. The number of benzene rings is 1. The first-order chi connectivity index (χ1) is 14.1. The van der Waals surface area contributed by atoms with Crippen LogP contribution >= 0.6 is 11.6 Å². The molecule has 2 saturated heterocycles. The van der Waals surface area contributed by atoms with Crippen molar-refractivity contribution in [3.05, 3.63) is 29.0 Å². The second-order valence-corrected chi connectivity index (χ2v) is 9.14. The minimum Gasteiger partial charge on any atom is -0.386 e. The van der Waals surface area contributed by atoms with Gasteiger partial charge in [-0.25, -0.2) is 4.98 Å². The summed E-state index contributed by atoms with van der Waals surface area (Å²) in [6, 6.07) is 5.01. The summed E-state index contributed by atoms with van der Waals surface area (Å²) in [7, 11) is 1.83. The van der Waals surface area contributed by atoms with E-state index in [2.05, 4.69) is 10.3 Å². The molecule has 1 aromatic heterocycles. The average molecular weight is 435 g/mol. The number of nitrogens with zero attached hydrogens (tertiary/aromatic N) is 3. The van der Waals surface area contributed by atoms with Gasteiger partial charge in [-0.1, -0.05) is 11.6 Å². The Morgan fingerprint density at radius 1 is 1.33 bits per heavy atom. The summed E-state index contributed by atoms with van der Waals surface area (Å²) >= 11 is 6.05. The van der Waals surface area contributed by atoms with Gasteiger partial charge >= 0.3 is 0 Å². The molecule has 1 spiro atoms. The van der Waals surface area contributed by atoms with Crippen molar-refractivity contribution in [1.82, 2.24) is 19.8 Å². The third kappa shape index (κ3) is 3.79. The van der Waals surface area contributed by atoms with Crippen LogP contribution < -0.4 is 5.32 Å². The fraction of sp³-hybridized carbons (Fsp3) is 0.571. The number of carbonyl (C=O) groups excluding carboxylic acids is 2. The maximum Gasteiger partial charge on any atom is 0.289 e. The Morgan fingerprint density at radius 2 is 2.03 bits per heavy atom. The van der Waals surface area contributed by atoms with Crippen LogP contribution in [0, 0.1) is 0 Å². The van der Waals surface area contributed by atoms with E-state index in [0.29, 0.717) is 48.7 Å². The van der Waals surface area contributed by atoms with Gasteiger partial charge in [-0.05, 0) is 44.4 Å². The molecule has 2 aliphatic rings. The average Bonchev–Trinajstić information content (AvgIpc) is 3.01. The molecule has 0 unspecified atom stereocenters. The first-order valence-corrected chi connectivity index (χ1v) is 10.5. The molecule has 4 rings (SSSR count). The SMILES string of the molecule is CC(=O)N[C@H]1CC2(CCN(C(=O)c3nc4cc(Cl)ccc4n3C)CC2)OC[C@]1(C)O. The van der Waals surface area contributed by atoms with Gasteiger partial charge < -0.3 is 24.6 Å². The van der Waals surface area contributed by atoms with Gasteiger partial charge in [-0.3, -0.25) is 9.59 Å². The normalized spacial score (nSPS) is 26.2. The minimum atomic E-state index is -1.11. The van der Waals surface area contributed by atoms with Gasteiger partial charge in [-0.15, -0.1) is 0 Å². The predicted molar refractivity (Wildman–Crippen MR) is 112 cm³/mol. The monoisotopic (exact) mass is 434 g/mol.